The molecule has 0 aliphatic carbocycles. The van der Waals surface area contributed by atoms with E-state index in [2.05, 4.69) is 9.97 Å². The van der Waals surface area contributed by atoms with E-state index in [0.29, 0.717) is 0 Å². The first kappa shape index (κ1) is 28.5. The van der Waals surface area contributed by atoms with Crippen LogP contribution in [0.1, 0.15) is 38.5 Å². The third-order valence-corrected chi connectivity index (χ3v) is 2.91. The lowest BCUT2D eigenvalue weighted by Crippen LogP contribution is -2.25. The molecule has 0 bridgehead atoms. The van der Waals surface area contributed by atoms with Gasteiger partial charge < -0.3 is 30.0 Å². The number of aromatic nitrogens is 4. The minimum Gasteiger partial charge on any atom is -0.550 e. The van der Waals surface area contributed by atoms with E-state index in [1.807, 2.05) is 60.7 Å². The standard InChI is InChI=1S/2C5H8O4.2C4H6N2/c2*6-4(7)2-1-3-5(8)9;2*1-6-3-2-5-4-6/h2*1-3H2,(H,6,7)(H,8,9);2*2-4H,1H3. The summed E-state index contributed by atoms with van der Waals surface area (Å²) in [6.45, 7) is 0. The highest BCUT2D eigenvalue weighted by molar-refractivity contribution is 5.70. The van der Waals surface area contributed by atoms with Crippen LogP contribution < -0.4 is 19.3 Å². The molecule has 0 unspecified atom stereocenters. The van der Waals surface area contributed by atoms with E-state index < -0.39 is 23.9 Å². The van der Waals surface area contributed by atoms with Crippen LogP contribution in [0.25, 0.3) is 0 Å². The fraction of sp³-hybridized carbons (Fsp3) is 0.444. The highest BCUT2D eigenvalue weighted by Gasteiger charge is 1.99. The summed E-state index contributed by atoms with van der Waals surface area (Å²) in [7, 11) is 3.94. The molecule has 12 nitrogen and oxygen atoms in total. The largest absolute Gasteiger partial charge is 0.550 e. The van der Waals surface area contributed by atoms with Crippen molar-refractivity contribution >= 4 is 23.9 Å². The summed E-state index contributed by atoms with van der Waals surface area (Å²) in [5.74, 6) is -4.35. The maximum atomic E-state index is 9.79. The molecule has 0 fully saturated rings. The Hall–Kier alpha value is -3.70. The van der Waals surface area contributed by atoms with Gasteiger partial charge in [-0.3, -0.25) is 19.6 Å². The zero-order chi connectivity index (χ0) is 23.4. The van der Waals surface area contributed by atoms with Crippen molar-refractivity contribution in [3.8, 4) is 0 Å². The van der Waals surface area contributed by atoms with Gasteiger partial charge in [-0.2, -0.15) is 0 Å². The lowest BCUT2D eigenvalue weighted by Gasteiger charge is -2.01. The second-order valence-corrected chi connectivity index (χ2v) is 5.79. The van der Waals surface area contributed by atoms with Gasteiger partial charge in [-0.1, -0.05) is 0 Å². The SMILES string of the molecule is C[n+]1cc[nH]c1.C[n+]1cc[nH]c1.O=C(O)CCCC(=O)O.O=C([O-])CCCC(=O)[O-]. The number of aliphatic carboxylic acids is 4. The Labute approximate surface area is 173 Å². The summed E-state index contributed by atoms with van der Waals surface area (Å²) in [4.78, 5) is 44.7. The molecule has 2 aromatic heterocycles. The molecule has 12 heteroatoms. The molecule has 0 spiro atoms. The number of carbonyl (C=O) groups is 4. The number of H-pyrrole nitrogens is 2. The number of nitrogens with one attached hydrogen (secondary N) is 2. The van der Waals surface area contributed by atoms with Gasteiger partial charge in [0.25, 0.3) is 0 Å². The first-order valence-corrected chi connectivity index (χ1v) is 8.83. The van der Waals surface area contributed by atoms with Gasteiger partial charge in [0.1, 0.15) is 24.8 Å². The van der Waals surface area contributed by atoms with Gasteiger partial charge in [-0.25, -0.2) is 9.13 Å². The summed E-state index contributed by atoms with van der Waals surface area (Å²) < 4.78 is 3.89. The quantitative estimate of drug-likeness (QED) is 0.336. The van der Waals surface area contributed by atoms with Gasteiger partial charge in [0, 0.05) is 24.8 Å². The molecule has 30 heavy (non-hydrogen) atoms. The first-order chi connectivity index (χ1) is 14.0. The zero-order valence-electron chi connectivity index (χ0n) is 16.9. The van der Waals surface area contributed by atoms with E-state index in [-0.39, 0.29) is 38.5 Å². The molecule has 0 saturated carbocycles. The van der Waals surface area contributed by atoms with Crippen LogP contribution >= 0.6 is 0 Å². The van der Waals surface area contributed by atoms with Crippen molar-refractivity contribution in [1.82, 2.24) is 9.97 Å². The number of carboxylic acids is 4. The minimum atomic E-state index is -1.23. The Morgan fingerprint density at radius 3 is 1.23 bits per heavy atom. The molecular weight excluding hydrogens is 400 g/mol. The third kappa shape index (κ3) is 26.5. The lowest BCUT2D eigenvalue weighted by atomic mass is 10.2. The minimum absolute atomic E-state index is 0.0632. The number of imidazole rings is 2. The van der Waals surface area contributed by atoms with E-state index in [0.717, 1.165) is 0 Å². The number of carboxylic acid groups (broad SMARTS) is 4. The van der Waals surface area contributed by atoms with Gasteiger partial charge in [-0.05, 0) is 25.7 Å². The predicted octanol–water partition coefficient (Wildman–Crippen LogP) is -2.34. The number of hydrogen-bond acceptors (Lipinski definition) is 6. The summed E-state index contributed by atoms with van der Waals surface area (Å²) in [6, 6.07) is 0. The molecule has 2 rings (SSSR count). The number of aryl methyl sites for hydroxylation is 2. The molecule has 0 amide bonds. The molecular formula is C18H28N4O8. The van der Waals surface area contributed by atoms with Crippen molar-refractivity contribution in [2.75, 3.05) is 0 Å². The van der Waals surface area contributed by atoms with Crippen LogP contribution in [-0.4, -0.2) is 44.1 Å². The normalized spacial score (nSPS) is 8.87. The summed E-state index contributed by atoms with van der Waals surface area (Å²) in [6.07, 6.45) is 11.1. The Balaban J connectivity index is 0. The molecule has 0 aromatic carbocycles. The van der Waals surface area contributed by atoms with E-state index >= 15 is 0 Å². The second-order valence-electron chi connectivity index (χ2n) is 5.79. The number of rotatable bonds is 8. The maximum Gasteiger partial charge on any atom is 0.303 e. The molecule has 168 valence electrons. The fourth-order valence-corrected chi connectivity index (χ4v) is 1.50. The van der Waals surface area contributed by atoms with E-state index in [9.17, 15) is 29.4 Å². The number of aromatic amines is 2. The van der Waals surface area contributed by atoms with Crippen LogP contribution in [0, 0.1) is 0 Å². The van der Waals surface area contributed by atoms with Crippen LogP contribution in [0.3, 0.4) is 0 Å². The maximum absolute atomic E-state index is 9.79. The zero-order valence-corrected chi connectivity index (χ0v) is 16.9. The van der Waals surface area contributed by atoms with E-state index in [1.54, 1.807) is 0 Å². The summed E-state index contributed by atoms with van der Waals surface area (Å²) >= 11 is 0. The molecule has 0 aliphatic rings. The van der Waals surface area contributed by atoms with Crippen LogP contribution in [0.2, 0.25) is 0 Å². The average Bonchev–Trinajstić information content (AvgIpc) is 3.29. The Morgan fingerprint density at radius 1 is 0.733 bits per heavy atom. The van der Waals surface area contributed by atoms with Crippen LogP contribution in [0.4, 0.5) is 0 Å². The van der Waals surface area contributed by atoms with Gasteiger partial charge >= 0.3 is 11.9 Å². The highest BCUT2D eigenvalue weighted by atomic mass is 16.4. The third-order valence-electron chi connectivity index (χ3n) is 2.91. The van der Waals surface area contributed by atoms with Gasteiger partial charge in [0.2, 0.25) is 12.7 Å². The molecule has 2 heterocycles. The number of hydrogen-bond donors (Lipinski definition) is 4. The molecule has 0 radical (unpaired) electrons. The lowest BCUT2D eigenvalue weighted by molar-refractivity contribution is -0.670. The molecule has 0 saturated heterocycles. The fourth-order valence-electron chi connectivity index (χ4n) is 1.50. The molecule has 0 aliphatic heterocycles. The van der Waals surface area contributed by atoms with Crippen LogP contribution in [0.5, 0.6) is 0 Å². The van der Waals surface area contributed by atoms with E-state index in [1.165, 1.54) is 0 Å². The topological polar surface area (TPSA) is 194 Å². The molecule has 2 aromatic rings. The van der Waals surface area contributed by atoms with Crippen LogP contribution in [-0.2, 0) is 33.3 Å². The highest BCUT2D eigenvalue weighted by Crippen LogP contribution is 1.93. The van der Waals surface area contributed by atoms with Gasteiger partial charge in [0.05, 0.1) is 14.1 Å². The average molecular weight is 428 g/mol. The monoisotopic (exact) mass is 428 g/mol. The first-order valence-electron chi connectivity index (χ1n) is 8.83. The van der Waals surface area contributed by atoms with Crippen molar-refractivity contribution in [3.05, 3.63) is 37.4 Å². The van der Waals surface area contributed by atoms with E-state index in [4.69, 9.17) is 10.2 Å². The van der Waals surface area contributed by atoms with Crippen molar-refractivity contribution in [3.63, 3.8) is 0 Å². The van der Waals surface area contributed by atoms with Crippen molar-refractivity contribution in [1.29, 1.82) is 0 Å². The summed E-state index contributed by atoms with van der Waals surface area (Å²) in [5, 5.41) is 35.4. The van der Waals surface area contributed by atoms with Crippen molar-refractivity contribution < 1.29 is 48.7 Å². The van der Waals surface area contributed by atoms with Crippen LogP contribution in [0.15, 0.2) is 37.4 Å². The summed E-state index contributed by atoms with van der Waals surface area (Å²) in [5.41, 5.74) is 0. The molecule has 0 atom stereocenters. The number of nitrogens with zero attached hydrogens (tertiary/aromatic N) is 2. The number of carbonyl (C=O) groups excluding carboxylic acids is 2. The van der Waals surface area contributed by atoms with Crippen molar-refractivity contribution in [2.24, 2.45) is 14.1 Å². The predicted molar refractivity (Wildman–Crippen MR) is 96.9 cm³/mol. The van der Waals surface area contributed by atoms with Gasteiger partial charge in [-0.15, -0.1) is 0 Å². The van der Waals surface area contributed by atoms with Gasteiger partial charge in [0.15, 0.2) is 0 Å². The Bertz CT molecular complexity index is 624. The Morgan fingerprint density at radius 2 is 1.07 bits per heavy atom. The Kier molecular flexibility index (Phi) is 17.7. The molecule has 4 N–H and O–H groups in total. The smallest absolute Gasteiger partial charge is 0.303 e. The van der Waals surface area contributed by atoms with Crippen molar-refractivity contribution in [2.45, 2.75) is 38.5 Å². The second kappa shape index (κ2) is 18.7.